The summed E-state index contributed by atoms with van der Waals surface area (Å²) >= 11 is 0. The Hall–Kier alpha value is -3.03. The molecule has 0 fully saturated rings. The van der Waals surface area contributed by atoms with Gasteiger partial charge in [-0.3, -0.25) is 4.79 Å². The van der Waals surface area contributed by atoms with Gasteiger partial charge in [-0.2, -0.15) is 0 Å². The number of fused-ring (bicyclic) bond motifs is 1. The zero-order valence-electron chi connectivity index (χ0n) is 16.8. The lowest BCUT2D eigenvalue weighted by atomic mass is 10.0. The number of carboxylic acid groups (broad SMARTS) is 1. The molecule has 0 saturated carbocycles. The first-order valence-corrected chi connectivity index (χ1v) is 9.03. The number of hydrogen-bond donors (Lipinski definition) is 3. The van der Waals surface area contributed by atoms with Crippen molar-refractivity contribution in [1.82, 2.24) is 15.2 Å². The van der Waals surface area contributed by atoms with E-state index < -0.39 is 35.7 Å². The zero-order chi connectivity index (χ0) is 21.1. The fourth-order valence-electron chi connectivity index (χ4n) is 2.85. The van der Waals surface area contributed by atoms with Gasteiger partial charge in [0.2, 0.25) is 5.91 Å². The van der Waals surface area contributed by atoms with Crippen molar-refractivity contribution in [2.75, 3.05) is 0 Å². The minimum Gasteiger partial charge on any atom is -0.480 e. The Balaban J connectivity index is 2.07. The van der Waals surface area contributed by atoms with Crippen LogP contribution < -0.4 is 10.6 Å². The summed E-state index contributed by atoms with van der Waals surface area (Å²) in [4.78, 5) is 35.9. The number of ether oxygens (including phenoxy) is 1. The molecule has 0 bridgehead atoms. The van der Waals surface area contributed by atoms with Gasteiger partial charge in [0.15, 0.2) is 0 Å². The summed E-state index contributed by atoms with van der Waals surface area (Å²) in [5.41, 5.74) is 1.10. The molecule has 3 N–H and O–H groups in total. The highest BCUT2D eigenvalue weighted by atomic mass is 16.6. The van der Waals surface area contributed by atoms with Gasteiger partial charge < -0.3 is 25.0 Å². The van der Waals surface area contributed by atoms with Crippen LogP contribution in [0.1, 0.15) is 33.3 Å². The lowest BCUT2D eigenvalue weighted by molar-refractivity contribution is -0.142. The first-order valence-electron chi connectivity index (χ1n) is 9.03. The quantitative estimate of drug-likeness (QED) is 0.702. The fourth-order valence-corrected chi connectivity index (χ4v) is 2.85. The van der Waals surface area contributed by atoms with Crippen molar-refractivity contribution in [1.29, 1.82) is 0 Å². The van der Waals surface area contributed by atoms with Crippen molar-refractivity contribution in [3.63, 3.8) is 0 Å². The highest BCUT2D eigenvalue weighted by Crippen LogP contribution is 2.21. The van der Waals surface area contributed by atoms with Gasteiger partial charge in [-0.1, -0.05) is 18.2 Å². The van der Waals surface area contributed by atoms with E-state index in [1.54, 1.807) is 20.8 Å². The Morgan fingerprint density at radius 3 is 2.43 bits per heavy atom. The number of nitrogens with one attached hydrogen (secondary N) is 2. The summed E-state index contributed by atoms with van der Waals surface area (Å²) in [6.07, 6.45) is 1.24. The van der Waals surface area contributed by atoms with Crippen LogP contribution in [0.3, 0.4) is 0 Å². The maximum absolute atomic E-state index is 12.4. The molecule has 0 spiro atoms. The second-order valence-electron chi connectivity index (χ2n) is 7.75. The summed E-state index contributed by atoms with van der Waals surface area (Å²) in [6, 6.07) is 5.59. The number of aromatic nitrogens is 1. The summed E-state index contributed by atoms with van der Waals surface area (Å²) in [5.74, 6) is -1.75. The van der Waals surface area contributed by atoms with Crippen LogP contribution >= 0.6 is 0 Å². The first-order chi connectivity index (χ1) is 13.0. The highest BCUT2D eigenvalue weighted by molar-refractivity contribution is 5.90. The number of amides is 2. The lowest BCUT2D eigenvalue weighted by Gasteiger charge is -2.22. The zero-order valence-corrected chi connectivity index (χ0v) is 16.8. The van der Waals surface area contributed by atoms with Crippen LogP contribution in [0.4, 0.5) is 4.79 Å². The number of aryl methyl sites for hydroxylation is 1. The van der Waals surface area contributed by atoms with E-state index in [9.17, 15) is 19.5 Å². The number of carboxylic acids is 1. The van der Waals surface area contributed by atoms with Gasteiger partial charge in [-0.15, -0.1) is 0 Å². The molecule has 1 aromatic heterocycles. The van der Waals surface area contributed by atoms with Gasteiger partial charge in [0, 0.05) is 30.6 Å². The number of carbonyl (C=O) groups excluding carboxylic acids is 2. The smallest absolute Gasteiger partial charge is 0.408 e. The van der Waals surface area contributed by atoms with E-state index in [2.05, 4.69) is 10.6 Å². The summed E-state index contributed by atoms with van der Waals surface area (Å²) < 4.78 is 7.02. The molecule has 0 aliphatic heterocycles. The largest absolute Gasteiger partial charge is 0.480 e. The molecule has 8 nitrogen and oxygen atoms in total. The van der Waals surface area contributed by atoms with Crippen molar-refractivity contribution < 1.29 is 24.2 Å². The van der Waals surface area contributed by atoms with Crippen LogP contribution in [-0.2, 0) is 27.8 Å². The molecule has 0 saturated heterocycles. The van der Waals surface area contributed by atoms with Crippen LogP contribution in [0, 0.1) is 0 Å². The van der Waals surface area contributed by atoms with E-state index in [1.165, 1.54) is 6.92 Å². The molecular formula is C20H27N3O5. The molecule has 1 aromatic carbocycles. The molecule has 2 atom stereocenters. The minimum absolute atomic E-state index is 0.127. The average Bonchev–Trinajstić information content (AvgIpc) is 2.88. The van der Waals surface area contributed by atoms with Crippen molar-refractivity contribution in [3.05, 3.63) is 36.0 Å². The maximum Gasteiger partial charge on any atom is 0.408 e. The van der Waals surface area contributed by atoms with E-state index in [-0.39, 0.29) is 6.42 Å². The number of carbonyl (C=O) groups is 3. The molecule has 0 aliphatic carbocycles. The van der Waals surface area contributed by atoms with Gasteiger partial charge in [0.25, 0.3) is 0 Å². The third kappa shape index (κ3) is 5.48. The Labute approximate surface area is 163 Å². The van der Waals surface area contributed by atoms with Crippen molar-refractivity contribution in [2.24, 2.45) is 7.05 Å². The minimum atomic E-state index is -1.15. The SMILES string of the molecule is C[C@H](NC(=O)OC(C)(C)C)C(=O)N[C@H](Cc1cn(C)c2ccccc12)C(=O)O. The summed E-state index contributed by atoms with van der Waals surface area (Å²) in [7, 11) is 1.88. The lowest BCUT2D eigenvalue weighted by Crippen LogP contribution is -2.51. The molecule has 0 aliphatic rings. The van der Waals surface area contributed by atoms with Gasteiger partial charge in [-0.05, 0) is 39.3 Å². The third-order valence-corrected chi connectivity index (χ3v) is 4.14. The number of hydrogen-bond acceptors (Lipinski definition) is 4. The topological polar surface area (TPSA) is 110 Å². The molecule has 8 heteroatoms. The Morgan fingerprint density at radius 1 is 1.18 bits per heavy atom. The molecule has 2 aromatic rings. The number of benzene rings is 1. The van der Waals surface area contributed by atoms with Crippen molar-refractivity contribution in [3.8, 4) is 0 Å². The monoisotopic (exact) mass is 389 g/mol. The Bertz CT molecular complexity index is 882. The first kappa shape index (κ1) is 21.3. The number of aliphatic carboxylic acids is 1. The number of nitrogens with zero attached hydrogens (tertiary/aromatic N) is 1. The van der Waals surface area contributed by atoms with Crippen molar-refractivity contribution >= 4 is 28.9 Å². The van der Waals surface area contributed by atoms with Gasteiger partial charge >= 0.3 is 12.1 Å². The van der Waals surface area contributed by atoms with Gasteiger partial charge in [0.1, 0.15) is 17.7 Å². The summed E-state index contributed by atoms with van der Waals surface area (Å²) in [6.45, 7) is 6.60. The van der Waals surface area contributed by atoms with Crippen LogP contribution in [0.2, 0.25) is 0 Å². The maximum atomic E-state index is 12.4. The number of alkyl carbamates (subject to hydrolysis) is 1. The Kier molecular flexibility index (Phi) is 6.33. The van der Waals surface area contributed by atoms with Gasteiger partial charge in [-0.25, -0.2) is 9.59 Å². The fraction of sp³-hybridized carbons (Fsp3) is 0.450. The molecule has 0 radical (unpaired) electrons. The molecule has 2 amide bonds. The second-order valence-corrected chi connectivity index (χ2v) is 7.75. The predicted octanol–water partition coefficient (Wildman–Crippen LogP) is 2.20. The van der Waals surface area contributed by atoms with Crippen LogP contribution in [0.5, 0.6) is 0 Å². The Morgan fingerprint density at radius 2 is 1.82 bits per heavy atom. The van der Waals surface area contributed by atoms with Crippen LogP contribution in [-0.4, -0.2) is 45.3 Å². The van der Waals surface area contributed by atoms with E-state index in [1.807, 2.05) is 42.1 Å². The molecule has 0 unspecified atom stereocenters. The molecule has 2 rings (SSSR count). The van der Waals surface area contributed by atoms with Crippen LogP contribution in [0.15, 0.2) is 30.5 Å². The number of para-hydroxylation sites is 1. The third-order valence-electron chi connectivity index (χ3n) is 4.14. The summed E-state index contributed by atoms with van der Waals surface area (Å²) in [5, 5.41) is 15.4. The predicted molar refractivity (Wildman–Crippen MR) is 105 cm³/mol. The molecule has 152 valence electrons. The highest BCUT2D eigenvalue weighted by Gasteiger charge is 2.26. The second kappa shape index (κ2) is 8.33. The van der Waals surface area contributed by atoms with E-state index in [4.69, 9.17) is 4.74 Å². The van der Waals surface area contributed by atoms with Crippen molar-refractivity contribution in [2.45, 2.75) is 51.8 Å². The van der Waals surface area contributed by atoms with E-state index >= 15 is 0 Å². The van der Waals surface area contributed by atoms with E-state index in [0.717, 1.165) is 16.5 Å². The molecule has 1 heterocycles. The normalized spacial score (nSPS) is 13.6. The molecule has 28 heavy (non-hydrogen) atoms. The van der Waals surface area contributed by atoms with Crippen LogP contribution in [0.25, 0.3) is 10.9 Å². The standard InChI is InChI=1S/C20H27N3O5/c1-12(21-19(27)28-20(2,3)4)17(24)22-15(18(25)26)10-13-11-23(5)16-9-7-6-8-14(13)16/h6-9,11-12,15H,10H2,1-5H3,(H,21,27)(H,22,24)(H,25,26)/t12-,15+/m0/s1. The van der Waals surface area contributed by atoms with E-state index in [0.29, 0.717) is 0 Å². The van der Waals surface area contributed by atoms with Gasteiger partial charge in [0.05, 0.1) is 0 Å². The average molecular weight is 389 g/mol. The molecular weight excluding hydrogens is 362 g/mol. The number of rotatable bonds is 6.